The molecule has 16 heavy (non-hydrogen) atoms. The Morgan fingerprint density at radius 1 is 1.06 bits per heavy atom. The first-order valence-corrected chi connectivity index (χ1v) is 6.03. The maximum atomic E-state index is 4.78. The van der Waals surface area contributed by atoms with Crippen molar-refractivity contribution in [2.24, 2.45) is 0 Å². The summed E-state index contributed by atoms with van der Waals surface area (Å²) in [4.78, 5) is 6.85. The van der Waals surface area contributed by atoms with Gasteiger partial charge in [-0.3, -0.25) is 0 Å². The van der Waals surface area contributed by atoms with Gasteiger partial charge in [-0.2, -0.15) is 0 Å². The standard InChI is InChI=1S/C14H24N2/c1-9(2)13-11(5)8-12(16(6)7)15-14(13)10(3)4/h8-10H,1-7H3. The smallest absolute Gasteiger partial charge is 0.128 e. The van der Waals surface area contributed by atoms with Gasteiger partial charge in [-0.25, -0.2) is 4.98 Å². The summed E-state index contributed by atoms with van der Waals surface area (Å²) in [5.41, 5.74) is 4.02. The number of anilines is 1. The Balaban J connectivity index is 3.39. The van der Waals surface area contributed by atoms with Gasteiger partial charge in [-0.1, -0.05) is 27.7 Å². The number of hydrogen-bond acceptors (Lipinski definition) is 2. The molecule has 2 nitrogen and oxygen atoms in total. The summed E-state index contributed by atoms with van der Waals surface area (Å²) in [6.07, 6.45) is 0. The molecule has 0 aliphatic rings. The molecular formula is C14H24N2. The maximum absolute atomic E-state index is 4.78. The molecule has 0 amide bonds. The van der Waals surface area contributed by atoms with E-state index in [4.69, 9.17) is 4.98 Å². The van der Waals surface area contributed by atoms with Crippen molar-refractivity contribution in [2.75, 3.05) is 19.0 Å². The topological polar surface area (TPSA) is 16.1 Å². The Morgan fingerprint density at radius 3 is 2.00 bits per heavy atom. The molecule has 0 bridgehead atoms. The average Bonchev–Trinajstić information content (AvgIpc) is 2.15. The van der Waals surface area contributed by atoms with Gasteiger partial charge in [0, 0.05) is 19.8 Å². The predicted molar refractivity (Wildman–Crippen MR) is 71.5 cm³/mol. The Morgan fingerprint density at radius 2 is 1.62 bits per heavy atom. The average molecular weight is 220 g/mol. The zero-order valence-corrected chi connectivity index (χ0v) is 11.6. The zero-order chi connectivity index (χ0) is 12.5. The molecule has 0 spiro atoms. The van der Waals surface area contributed by atoms with E-state index >= 15 is 0 Å². The molecule has 0 aromatic carbocycles. The first kappa shape index (κ1) is 13.0. The summed E-state index contributed by atoms with van der Waals surface area (Å²) in [6.45, 7) is 11.1. The Labute approximate surface area is 99.7 Å². The van der Waals surface area contributed by atoms with Crippen LogP contribution in [0.4, 0.5) is 5.82 Å². The maximum Gasteiger partial charge on any atom is 0.128 e. The molecule has 90 valence electrons. The second-order valence-corrected chi connectivity index (χ2v) is 5.30. The summed E-state index contributed by atoms with van der Waals surface area (Å²) in [7, 11) is 4.09. The van der Waals surface area contributed by atoms with Gasteiger partial charge in [0.05, 0.1) is 0 Å². The third kappa shape index (κ3) is 2.55. The van der Waals surface area contributed by atoms with E-state index in [1.165, 1.54) is 16.8 Å². The number of pyridine rings is 1. The van der Waals surface area contributed by atoms with Crippen LogP contribution in [-0.2, 0) is 0 Å². The fourth-order valence-corrected chi connectivity index (χ4v) is 2.11. The molecule has 1 rings (SSSR count). The zero-order valence-electron chi connectivity index (χ0n) is 11.6. The van der Waals surface area contributed by atoms with Gasteiger partial charge in [0.15, 0.2) is 0 Å². The molecule has 1 aromatic rings. The highest BCUT2D eigenvalue weighted by Crippen LogP contribution is 2.29. The van der Waals surface area contributed by atoms with Crippen LogP contribution in [0, 0.1) is 6.92 Å². The molecule has 0 radical (unpaired) electrons. The monoisotopic (exact) mass is 220 g/mol. The van der Waals surface area contributed by atoms with E-state index in [9.17, 15) is 0 Å². The van der Waals surface area contributed by atoms with Crippen LogP contribution >= 0.6 is 0 Å². The molecule has 0 N–H and O–H groups in total. The van der Waals surface area contributed by atoms with Gasteiger partial charge in [-0.15, -0.1) is 0 Å². The number of rotatable bonds is 3. The van der Waals surface area contributed by atoms with E-state index in [2.05, 4.69) is 45.6 Å². The van der Waals surface area contributed by atoms with Crippen molar-refractivity contribution in [1.82, 2.24) is 4.98 Å². The van der Waals surface area contributed by atoms with Gasteiger partial charge in [-0.05, 0) is 36.0 Å². The highest BCUT2D eigenvalue weighted by Gasteiger charge is 2.16. The molecule has 0 fully saturated rings. The predicted octanol–water partition coefficient (Wildman–Crippen LogP) is 3.70. The molecule has 1 aromatic heterocycles. The van der Waals surface area contributed by atoms with E-state index in [1.807, 2.05) is 14.1 Å². The van der Waals surface area contributed by atoms with Crippen LogP contribution < -0.4 is 4.90 Å². The molecule has 0 unspecified atom stereocenters. The lowest BCUT2D eigenvalue weighted by Gasteiger charge is -2.21. The van der Waals surface area contributed by atoms with Crippen molar-refractivity contribution in [2.45, 2.75) is 46.5 Å². The van der Waals surface area contributed by atoms with Gasteiger partial charge in [0.1, 0.15) is 5.82 Å². The molecule has 0 atom stereocenters. The van der Waals surface area contributed by atoms with Crippen molar-refractivity contribution >= 4 is 5.82 Å². The third-order valence-corrected chi connectivity index (χ3v) is 2.86. The van der Waals surface area contributed by atoms with E-state index in [-0.39, 0.29) is 0 Å². The van der Waals surface area contributed by atoms with Gasteiger partial charge in [0.25, 0.3) is 0 Å². The number of nitrogens with zero attached hydrogens (tertiary/aromatic N) is 2. The molecule has 0 aliphatic carbocycles. The van der Waals surface area contributed by atoms with Crippen LogP contribution in [0.2, 0.25) is 0 Å². The van der Waals surface area contributed by atoms with E-state index in [1.54, 1.807) is 0 Å². The summed E-state index contributed by atoms with van der Waals surface area (Å²) < 4.78 is 0. The van der Waals surface area contributed by atoms with Crippen LogP contribution in [0.25, 0.3) is 0 Å². The number of hydrogen-bond donors (Lipinski definition) is 0. The first-order valence-electron chi connectivity index (χ1n) is 6.03. The Kier molecular flexibility index (Phi) is 3.95. The van der Waals surface area contributed by atoms with E-state index in [0.717, 1.165) is 5.82 Å². The van der Waals surface area contributed by atoms with Crippen LogP contribution in [0.5, 0.6) is 0 Å². The van der Waals surface area contributed by atoms with Crippen LogP contribution in [0.1, 0.15) is 56.4 Å². The van der Waals surface area contributed by atoms with Crippen molar-refractivity contribution < 1.29 is 0 Å². The second-order valence-electron chi connectivity index (χ2n) is 5.30. The minimum atomic E-state index is 0.482. The van der Waals surface area contributed by atoms with Gasteiger partial charge < -0.3 is 4.90 Å². The first-order chi connectivity index (χ1) is 7.34. The quantitative estimate of drug-likeness (QED) is 0.772. The fourth-order valence-electron chi connectivity index (χ4n) is 2.11. The third-order valence-electron chi connectivity index (χ3n) is 2.86. The number of aromatic nitrogens is 1. The summed E-state index contributed by atoms with van der Waals surface area (Å²) in [6, 6.07) is 2.18. The Hall–Kier alpha value is -1.05. The number of aryl methyl sites for hydroxylation is 1. The summed E-state index contributed by atoms with van der Waals surface area (Å²) >= 11 is 0. The van der Waals surface area contributed by atoms with E-state index < -0.39 is 0 Å². The molecule has 1 heterocycles. The molecule has 0 saturated carbocycles. The minimum absolute atomic E-state index is 0.482. The van der Waals surface area contributed by atoms with Crippen molar-refractivity contribution in [3.05, 3.63) is 22.9 Å². The van der Waals surface area contributed by atoms with Crippen molar-refractivity contribution in [3.8, 4) is 0 Å². The highest BCUT2D eigenvalue weighted by molar-refractivity contribution is 5.47. The minimum Gasteiger partial charge on any atom is -0.363 e. The summed E-state index contributed by atoms with van der Waals surface area (Å²) in [5, 5.41) is 0. The lowest BCUT2D eigenvalue weighted by Crippen LogP contribution is -2.14. The molecule has 0 saturated heterocycles. The fraction of sp³-hybridized carbons (Fsp3) is 0.643. The second kappa shape index (κ2) is 4.86. The highest BCUT2D eigenvalue weighted by atomic mass is 15.1. The molecular weight excluding hydrogens is 196 g/mol. The van der Waals surface area contributed by atoms with Crippen LogP contribution in [-0.4, -0.2) is 19.1 Å². The van der Waals surface area contributed by atoms with Gasteiger partial charge in [0.2, 0.25) is 0 Å². The van der Waals surface area contributed by atoms with Crippen LogP contribution in [0.15, 0.2) is 6.07 Å². The normalized spacial score (nSPS) is 11.3. The largest absolute Gasteiger partial charge is 0.363 e. The Bertz CT molecular complexity index is 365. The molecule has 2 heteroatoms. The van der Waals surface area contributed by atoms with Crippen LogP contribution in [0.3, 0.4) is 0 Å². The van der Waals surface area contributed by atoms with Crippen molar-refractivity contribution in [1.29, 1.82) is 0 Å². The summed E-state index contributed by atoms with van der Waals surface area (Å²) in [5.74, 6) is 2.09. The van der Waals surface area contributed by atoms with Gasteiger partial charge >= 0.3 is 0 Å². The van der Waals surface area contributed by atoms with E-state index in [0.29, 0.717) is 11.8 Å². The molecule has 0 aliphatic heterocycles. The lowest BCUT2D eigenvalue weighted by molar-refractivity contribution is 0.748. The lowest BCUT2D eigenvalue weighted by atomic mass is 9.91. The van der Waals surface area contributed by atoms with Crippen molar-refractivity contribution in [3.63, 3.8) is 0 Å². The SMILES string of the molecule is Cc1cc(N(C)C)nc(C(C)C)c1C(C)C.